The molecule has 0 amide bonds. The zero-order chi connectivity index (χ0) is 15.6. The standard InChI is InChI=1S/C18H20N2O2S/c21-13-7-5-12(6-8-13)19-11-14-9-10-16(22-14)18-20-15-3-1-2-4-17(15)23-18/h1-4,9-10,12-13,19,21H,5-8,11H2. The Morgan fingerprint density at radius 3 is 2.78 bits per heavy atom. The van der Waals surface area contributed by atoms with Gasteiger partial charge in [0.05, 0.1) is 22.9 Å². The van der Waals surface area contributed by atoms with E-state index in [1.807, 2.05) is 30.3 Å². The van der Waals surface area contributed by atoms with Crippen LogP contribution in [0.25, 0.3) is 21.0 Å². The van der Waals surface area contributed by atoms with Gasteiger partial charge in [-0.25, -0.2) is 4.98 Å². The minimum Gasteiger partial charge on any atom is -0.457 e. The molecule has 1 fully saturated rings. The van der Waals surface area contributed by atoms with Crippen LogP contribution in [0.3, 0.4) is 0 Å². The van der Waals surface area contributed by atoms with Crippen LogP contribution in [0.1, 0.15) is 31.4 Å². The van der Waals surface area contributed by atoms with E-state index in [1.165, 1.54) is 4.70 Å². The van der Waals surface area contributed by atoms with Crippen molar-refractivity contribution in [2.45, 2.75) is 44.4 Å². The second-order valence-corrected chi connectivity index (χ2v) is 7.17. The van der Waals surface area contributed by atoms with Crippen LogP contribution in [0, 0.1) is 0 Å². The molecule has 4 nitrogen and oxygen atoms in total. The number of hydrogen-bond donors (Lipinski definition) is 2. The number of hydrogen-bond acceptors (Lipinski definition) is 5. The number of aliphatic hydroxyl groups excluding tert-OH is 1. The first-order valence-electron chi connectivity index (χ1n) is 8.14. The van der Waals surface area contributed by atoms with E-state index in [1.54, 1.807) is 11.3 Å². The van der Waals surface area contributed by atoms with E-state index in [0.29, 0.717) is 6.04 Å². The lowest BCUT2D eigenvalue weighted by molar-refractivity contribution is 0.116. The monoisotopic (exact) mass is 328 g/mol. The topological polar surface area (TPSA) is 58.3 Å². The summed E-state index contributed by atoms with van der Waals surface area (Å²) >= 11 is 1.66. The molecule has 0 unspecified atom stereocenters. The molecule has 0 spiro atoms. The summed E-state index contributed by atoms with van der Waals surface area (Å²) in [4.78, 5) is 4.63. The van der Waals surface area contributed by atoms with Crippen molar-refractivity contribution >= 4 is 21.6 Å². The first-order chi connectivity index (χ1) is 11.3. The van der Waals surface area contributed by atoms with Gasteiger partial charge in [0.15, 0.2) is 10.8 Å². The summed E-state index contributed by atoms with van der Waals surface area (Å²) in [6.45, 7) is 0.728. The molecule has 1 aliphatic rings. The van der Waals surface area contributed by atoms with Gasteiger partial charge in [0.2, 0.25) is 0 Å². The lowest BCUT2D eigenvalue weighted by atomic mass is 9.93. The molecule has 5 heteroatoms. The molecule has 4 rings (SSSR count). The summed E-state index contributed by atoms with van der Waals surface area (Å²) in [6.07, 6.45) is 3.75. The molecule has 120 valence electrons. The average molecular weight is 328 g/mol. The minimum atomic E-state index is -0.109. The second-order valence-electron chi connectivity index (χ2n) is 6.14. The summed E-state index contributed by atoms with van der Waals surface area (Å²) in [7, 11) is 0. The van der Waals surface area contributed by atoms with Crippen molar-refractivity contribution in [3.8, 4) is 10.8 Å². The number of benzene rings is 1. The average Bonchev–Trinajstić information content (AvgIpc) is 3.21. The van der Waals surface area contributed by atoms with E-state index in [9.17, 15) is 5.11 Å². The predicted molar refractivity (Wildman–Crippen MR) is 92.4 cm³/mol. The van der Waals surface area contributed by atoms with Gasteiger partial charge in [-0.05, 0) is 49.9 Å². The van der Waals surface area contributed by atoms with Crippen molar-refractivity contribution < 1.29 is 9.52 Å². The van der Waals surface area contributed by atoms with Gasteiger partial charge in [0.1, 0.15) is 5.76 Å². The molecule has 2 aromatic heterocycles. The lowest BCUT2D eigenvalue weighted by Gasteiger charge is -2.25. The van der Waals surface area contributed by atoms with E-state index in [2.05, 4.69) is 16.4 Å². The van der Waals surface area contributed by atoms with Crippen molar-refractivity contribution in [1.82, 2.24) is 10.3 Å². The van der Waals surface area contributed by atoms with Crippen LogP contribution in [-0.2, 0) is 6.54 Å². The van der Waals surface area contributed by atoms with E-state index in [4.69, 9.17) is 4.42 Å². The SMILES string of the molecule is OC1CCC(NCc2ccc(-c3nc4ccccc4s3)o2)CC1. The number of thiazole rings is 1. The van der Waals surface area contributed by atoms with E-state index < -0.39 is 0 Å². The maximum atomic E-state index is 9.55. The molecular weight excluding hydrogens is 308 g/mol. The molecule has 0 radical (unpaired) electrons. The Kier molecular flexibility index (Phi) is 4.16. The van der Waals surface area contributed by atoms with Crippen LogP contribution >= 0.6 is 11.3 Å². The van der Waals surface area contributed by atoms with Crippen molar-refractivity contribution in [2.75, 3.05) is 0 Å². The fourth-order valence-electron chi connectivity index (χ4n) is 3.09. The third kappa shape index (κ3) is 3.32. The Hall–Kier alpha value is -1.69. The summed E-state index contributed by atoms with van der Waals surface area (Å²) < 4.78 is 7.13. The molecule has 2 heterocycles. The number of furan rings is 1. The van der Waals surface area contributed by atoms with Gasteiger partial charge >= 0.3 is 0 Å². The Labute approximate surface area is 139 Å². The lowest BCUT2D eigenvalue weighted by Crippen LogP contribution is -2.34. The number of nitrogens with zero attached hydrogens (tertiary/aromatic N) is 1. The molecule has 1 saturated carbocycles. The molecule has 0 saturated heterocycles. The van der Waals surface area contributed by atoms with Crippen molar-refractivity contribution in [2.24, 2.45) is 0 Å². The number of aliphatic hydroxyl groups is 1. The normalized spacial score (nSPS) is 21.8. The third-order valence-corrected chi connectivity index (χ3v) is 5.48. The zero-order valence-electron chi connectivity index (χ0n) is 12.9. The highest BCUT2D eigenvalue weighted by Crippen LogP contribution is 2.31. The molecule has 0 aliphatic heterocycles. The molecule has 23 heavy (non-hydrogen) atoms. The van der Waals surface area contributed by atoms with E-state index in [-0.39, 0.29) is 6.10 Å². The number of fused-ring (bicyclic) bond motifs is 1. The highest BCUT2D eigenvalue weighted by atomic mass is 32.1. The van der Waals surface area contributed by atoms with Crippen LogP contribution in [0.5, 0.6) is 0 Å². The number of nitrogens with one attached hydrogen (secondary N) is 1. The Bertz CT molecular complexity index is 754. The smallest absolute Gasteiger partial charge is 0.163 e. The van der Waals surface area contributed by atoms with Crippen LogP contribution in [0.15, 0.2) is 40.8 Å². The fourth-order valence-corrected chi connectivity index (χ4v) is 4.02. The number of para-hydroxylation sites is 1. The first-order valence-corrected chi connectivity index (χ1v) is 8.96. The largest absolute Gasteiger partial charge is 0.457 e. The molecule has 1 aliphatic carbocycles. The predicted octanol–water partition coefficient (Wildman–Crippen LogP) is 3.95. The van der Waals surface area contributed by atoms with Crippen molar-refractivity contribution in [3.05, 3.63) is 42.2 Å². The highest BCUT2D eigenvalue weighted by molar-refractivity contribution is 7.21. The van der Waals surface area contributed by atoms with Gasteiger partial charge in [-0.15, -0.1) is 11.3 Å². The van der Waals surface area contributed by atoms with E-state index >= 15 is 0 Å². The van der Waals surface area contributed by atoms with Gasteiger partial charge in [-0.1, -0.05) is 12.1 Å². The Morgan fingerprint density at radius 2 is 1.96 bits per heavy atom. The maximum absolute atomic E-state index is 9.55. The highest BCUT2D eigenvalue weighted by Gasteiger charge is 2.19. The van der Waals surface area contributed by atoms with Crippen LogP contribution in [-0.4, -0.2) is 22.2 Å². The fraction of sp³-hybridized carbons (Fsp3) is 0.389. The molecule has 0 atom stereocenters. The second kappa shape index (κ2) is 6.43. The van der Waals surface area contributed by atoms with Gasteiger partial charge < -0.3 is 14.8 Å². The minimum absolute atomic E-state index is 0.109. The molecule has 0 bridgehead atoms. The summed E-state index contributed by atoms with van der Waals surface area (Å²) in [5.74, 6) is 1.77. The Morgan fingerprint density at radius 1 is 1.13 bits per heavy atom. The third-order valence-electron chi connectivity index (χ3n) is 4.43. The van der Waals surface area contributed by atoms with Crippen LogP contribution in [0.4, 0.5) is 0 Å². The number of aromatic nitrogens is 1. The first kappa shape index (κ1) is 14.9. The van der Waals surface area contributed by atoms with E-state index in [0.717, 1.165) is 54.3 Å². The summed E-state index contributed by atoms with van der Waals surface area (Å²) in [5.41, 5.74) is 1.02. The van der Waals surface area contributed by atoms with Crippen LogP contribution in [0.2, 0.25) is 0 Å². The summed E-state index contributed by atoms with van der Waals surface area (Å²) in [5, 5.41) is 14.0. The van der Waals surface area contributed by atoms with Gasteiger partial charge in [0, 0.05) is 6.04 Å². The Balaban J connectivity index is 1.42. The molecular formula is C18H20N2O2S. The molecule has 2 N–H and O–H groups in total. The van der Waals surface area contributed by atoms with Crippen molar-refractivity contribution in [1.29, 1.82) is 0 Å². The molecule has 3 aromatic rings. The maximum Gasteiger partial charge on any atom is 0.163 e. The zero-order valence-corrected chi connectivity index (χ0v) is 13.7. The summed E-state index contributed by atoms with van der Waals surface area (Å²) in [6, 6.07) is 12.6. The van der Waals surface area contributed by atoms with Gasteiger partial charge in [-0.2, -0.15) is 0 Å². The van der Waals surface area contributed by atoms with Crippen molar-refractivity contribution in [3.63, 3.8) is 0 Å². The molecule has 1 aromatic carbocycles. The van der Waals surface area contributed by atoms with Crippen LogP contribution < -0.4 is 5.32 Å². The quantitative estimate of drug-likeness (QED) is 0.761. The number of rotatable bonds is 4. The van der Waals surface area contributed by atoms with Gasteiger partial charge in [-0.3, -0.25) is 0 Å². The van der Waals surface area contributed by atoms with Gasteiger partial charge in [0.25, 0.3) is 0 Å².